The maximum absolute atomic E-state index is 11.4. The summed E-state index contributed by atoms with van der Waals surface area (Å²) in [5.74, 6) is -0.963. The fourth-order valence-electron chi connectivity index (χ4n) is 1.44. The van der Waals surface area contributed by atoms with Gasteiger partial charge in [-0.1, -0.05) is 30.3 Å². The van der Waals surface area contributed by atoms with Gasteiger partial charge in [0.05, 0.1) is 6.61 Å². The van der Waals surface area contributed by atoms with E-state index in [-0.39, 0.29) is 19.4 Å². The van der Waals surface area contributed by atoms with Gasteiger partial charge in [-0.15, -0.1) is 0 Å². The Kier molecular flexibility index (Phi) is 5.87. The van der Waals surface area contributed by atoms with E-state index in [2.05, 4.69) is 0 Å². The van der Waals surface area contributed by atoms with E-state index in [1.165, 1.54) is 0 Å². The molecular weight excluding hydrogens is 232 g/mol. The van der Waals surface area contributed by atoms with Crippen LogP contribution in [-0.4, -0.2) is 24.5 Å². The third kappa shape index (κ3) is 5.45. The van der Waals surface area contributed by atoms with Crippen molar-refractivity contribution in [1.82, 2.24) is 0 Å². The van der Waals surface area contributed by atoms with Gasteiger partial charge in [0, 0.05) is 12.8 Å². The molecule has 1 aromatic rings. The third-order valence-corrected chi connectivity index (χ3v) is 2.48. The molecule has 1 aromatic carbocycles. The summed E-state index contributed by atoms with van der Waals surface area (Å²) >= 11 is 0. The molecule has 0 saturated carbocycles. The average molecular weight is 250 g/mol. The van der Waals surface area contributed by atoms with Gasteiger partial charge >= 0.3 is 5.97 Å². The van der Waals surface area contributed by atoms with Crippen LogP contribution < -0.4 is 11.5 Å². The molecule has 5 heteroatoms. The quantitative estimate of drug-likeness (QED) is 0.683. The monoisotopic (exact) mass is 250 g/mol. The summed E-state index contributed by atoms with van der Waals surface area (Å²) < 4.78 is 5.02. The Hall–Kier alpha value is -1.88. The predicted molar refractivity (Wildman–Crippen MR) is 67.5 cm³/mol. The Morgan fingerprint density at radius 3 is 2.50 bits per heavy atom. The van der Waals surface area contributed by atoms with Crippen molar-refractivity contribution in [2.45, 2.75) is 25.3 Å². The van der Waals surface area contributed by atoms with Crippen molar-refractivity contribution in [2.24, 2.45) is 11.5 Å². The van der Waals surface area contributed by atoms with E-state index >= 15 is 0 Å². The number of hydrogen-bond acceptors (Lipinski definition) is 4. The predicted octanol–water partition coefficient (Wildman–Crippen LogP) is 0.365. The third-order valence-electron chi connectivity index (χ3n) is 2.48. The molecule has 0 heterocycles. The molecule has 0 aliphatic rings. The van der Waals surface area contributed by atoms with Crippen molar-refractivity contribution in [3.8, 4) is 0 Å². The Morgan fingerprint density at radius 1 is 1.22 bits per heavy atom. The summed E-state index contributed by atoms with van der Waals surface area (Å²) in [7, 11) is 0. The number of carbonyl (C=O) groups excluding carboxylic acids is 2. The molecular formula is C13H18N2O3. The number of nitrogens with two attached hydrogens (primary N) is 2. The molecule has 18 heavy (non-hydrogen) atoms. The van der Waals surface area contributed by atoms with Gasteiger partial charge in [0.15, 0.2) is 0 Å². The molecule has 0 aromatic heterocycles. The molecule has 5 nitrogen and oxygen atoms in total. The zero-order valence-corrected chi connectivity index (χ0v) is 10.2. The normalized spacial score (nSPS) is 11.8. The molecule has 0 saturated heterocycles. The minimum atomic E-state index is -0.784. The molecule has 0 radical (unpaired) electrons. The van der Waals surface area contributed by atoms with Gasteiger partial charge in [-0.25, -0.2) is 0 Å². The topological polar surface area (TPSA) is 95.4 Å². The lowest BCUT2D eigenvalue weighted by atomic mass is 10.1. The van der Waals surface area contributed by atoms with Crippen LogP contribution in [0.15, 0.2) is 30.3 Å². The first-order valence-electron chi connectivity index (χ1n) is 5.84. The van der Waals surface area contributed by atoms with Crippen LogP contribution in [0.5, 0.6) is 0 Å². The highest BCUT2D eigenvalue weighted by molar-refractivity contribution is 5.78. The summed E-state index contributed by atoms with van der Waals surface area (Å²) in [6.07, 6.45) is 0.962. The van der Waals surface area contributed by atoms with Crippen LogP contribution >= 0.6 is 0 Å². The fraction of sp³-hybridized carbons (Fsp3) is 0.385. The number of amides is 1. The number of ether oxygens (including phenoxy) is 1. The van der Waals surface area contributed by atoms with Gasteiger partial charge in [0.1, 0.15) is 6.04 Å². The van der Waals surface area contributed by atoms with Crippen molar-refractivity contribution in [1.29, 1.82) is 0 Å². The molecule has 1 unspecified atom stereocenters. The highest BCUT2D eigenvalue weighted by Crippen LogP contribution is 2.01. The molecule has 0 fully saturated rings. The molecule has 1 rings (SSSR count). The molecule has 4 N–H and O–H groups in total. The number of esters is 1. The number of rotatable bonds is 7. The number of primary amides is 1. The van der Waals surface area contributed by atoms with Crippen LogP contribution in [0.25, 0.3) is 0 Å². The second-order valence-corrected chi connectivity index (χ2v) is 4.01. The van der Waals surface area contributed by atoms with Crippen LogP contribution in [0.1, 0.15) is 18.4 Å². The van der Waals surface area contributed by atoms with Gasteiger partial charge < -0.3 is 16.2 Å². The Balaban J connectivity index is 2.22. The van der Waals surface area contributed by atoms with Crippen LogP contribution in [0, 0.1) is 0 Å². The summed E-state index contributed by atoms with van der Waals surface area (Å²) in [4.78, 5) is 22.0. The second kappa shape index (κ2) is 7.45. The van der Waals surface area contributed by atoms with Gasteiger partial charge in [-0.3, -0.25) is 9.59 Å². The lowest BCUT2D eigenvalue weighted by molar-refractivity contribution is -0.145. The second-order valence-electron chi connectivity index (χ2n) is 4.01. The smallest absolute Gasteiger partial charge is 0.322 e. The van der Waals surface area contributed by atoms with E-state index in [1.807, 2.05) is 30.3 Å². The van der Waals surface area contributed by atoms with Crippen LogP contribution in [-0.2, 0) is 20.7 Å². The van der Waals surface area contributed by atoms with Crippen molar-refractivity contribution < 1.29 is 14.3 Å². The minimum Gasteiger partial charge on any atom is -0.464 e. The highest BCUT2D eigenvalue weighted by Gasteiger charge is 2.15. The van der Waals surface area contributed by atoms with E-state index in [0.29, 0.717) is 6.42 Å². The van der Waals surface area contributed by atoms with Crippen molar-refractivity contribution in [3.63, 3.8) is 0 Å². The van der Waals surface area contributed by atoms with Gasteiger partial charge in [0.2, 0.25) is 5.91 Å². The number of hydrogen-bond donors (Lipinski definition) is 2. The first kappa shape index (κ1) is 14.2. The molecule has 1 amide bonds. The molecule has 0 bridgehead atoms. The minimum absolute atomic E-state index is 0.0922. The maximum atomic E-state index is 11.4. The maximum Gasteiger partial charge on any atom is 0.322 e. The van der Waals surface area contributed by atoms with Crippen molar-refractivity contribution in [3.05, 3.63) is 35.9 Å². The lowest BCUT2D eigenvalue weighted by Crippen LogP contribution is -2.33. The first-order chi connectivity index (χ1) is 8.59. The lowest BCUT2D eigenvalue weighted by Gasteiger charge is -2.10. The molecule has 0 aliphatic carbocycles. The number of carbonyl (C=O) groups is 2. The van der Waals surface area contributed by atoms with E-state index in [1.54, 1.807) is 0 Å². The van der Waals surface area contributed by atoms with E-state index < -0.39 is 17.9 Å². The molecule has 0 aliphatic heterocycles. The Morgan fingerprint density at radius 2 is 1.89 bits per heavy atom. The van der Waals surface area contributed by atoms with Crippen LogP contribution in [0.4, 0.5) is 0 Å². The average Bonchev–Trinajstić information content (AvgIpc) is 2.37. The van der Waals surface area contributed by atoms with Gasteiger partial charge in [-0.2, -0.15) is 0 Å². The summed E-state index contributed by atoms with van der Waals surface area (Å²) in [6.45, 7) is 0.285. The van der Waals surface area contributed by atoms with Crippen molar-refractivity contribution >= 4 is 11.9 Å². The molecule has 98 valence electrons. The Bertz CT molecular complexity index is 392. The first-order valence-corrected chi connectivity index (χ1v) is 5.84. The standard InChI is InChI=1S/C13H18N2O3/c14-11(6-7-12(15)16)13(17)18-9-8-10-4-2-1-3-5-10/h1-5,11H,6-9,14H2,(H2,15,16). The number of benzene rings is 1. The van der Waals surface area contributed by atoms with E-state index in [9.17, 15) is 9.59 Å². The summed E-state index contributed by atoms with van der Waals surface area (Å²) in [6, 6.07) is 8.91. The van der Waals surface area contributed by atoms with Gasteiger partial charge in [0.25, 0.3) is 0 Å². The summed E-state index contributed by atoms with van der Waals surface area (Å²) in [5, 5.41) is 0. The zero-order chi connectivity index (χ0) is 13.4. The van der Waals surface area contributed by atoms with Crippen molar-refractivity contribution in [2.75, 3.05) is 6.61 Å². The fourth-order valence-corrected chi connectivity index (χ4v) is 1.44. The molecule has 0 spiro atoms. The zero-order valence-electron chi connectivity index (χ0n) is 10.2. The van der Waals surface area contributed by atoms with Crippen LogP contribution in [0.3, 0.4) is 0 Å². The Labute approximate surface area is 106 Å². The highest BCUT2D eigenvalue weighted by atomic mass is 16.5. The summed E-state index contributed by atoms with van der Waals surface area (Å²) in [5.41, 5.74) is 11.6. The SMILES string of the molecule is NC(=O)CCC(N)C(=O)OCCc1ccccc1. The van der Waals surface area contributed by atoms with Gasteiger partial charge in [-0.05, 0) is 12.0 Å². The molecule has 1 atom stereocenters. The van der Waals surface area contributed by atoms with E-state index in [4.69, 9.17) is 16.2 Å². The van der Waals surface area contributed by atoms with Crippen LogP contribution in [0.2, 0.25) is 0 Å². The van der Waals surface area contributed by atoms with E-state index in [0.717, 1.165) is 5.56 Å². The largest absolute Gasteiger partial charge is 0.464 e.